The highest BCUT2D eigenvalue weighted by Gasteiger charge is 2.23. The van der Waals surface area contributed by atoms with Crippen LogP contribution in [0.15, 0.2) is 51.7 Å². The van der Waals surface area contributed by atoms with E-state index in [-0.39, 0.29) is 23.3 Å². The van der Waals surface area contributed by atoms with Crippen molar-refractivity contribution in [1.29, 1.82) is 0 Å². The maximum atomic E-state index is 13.3. The van der Waals surface area contributed by atoms with Gasteiger partial charge in [0.2, 0.25) is 5.91 Å². The number of carbonyl (C=O) groups is 1. The summed E-state index contributed by atoms with van der Waals surface area (Å²) in [5.74, 6) is -0.0563. The number of nitrogens with zero attached hydrogens (tertiary/aromatic N) is 3. The lowest BCUT2D eigenvalue weighted by molar-refractivity contribution is -0.113. The second-order valence-corrected chi connectivity index (χ2v) is 11.1. The van der Waals surface area contributed by atoms with Crippen LogP contribution < -0.4 is 10.9 Å². The van der Waals surface area contributed by atoms with Gasteiger partial charge in [-0.2, -0.15) is 0 Å². The van der Waals surface area contributed by atoms with Crippen LogP contribution in [-0.4, -0.2) is 26.2 Å². The quantitative estimate of drug-likeness (QED) is 0.226. The first-order chi connectivity index (χ1) is 16.9. The van der Waals surface area contributed by atoms with Gasteiger partial charge in [-0.3, -0.25) is 14.2 Å². The maximum Gasteiger partial charge on any atom is 0.262 e. The minimum Gasteiger partial charge on any atom is -0.301 e. The molecule has 0 radical (unpaired) electrons. The number of benzene rings is 2. The Labute approximate surface area is 216 Å². The van der Waals surface area contributed by atoms with Gasteiger partial charge in [-0.1, -0.05) is 53.9 Å². The summed E-state index contributed by atoms with van der Waals surface area (Å²) in [6, 6.07) is 11.5. The van der Waals surface area contributed by atoms with E-state index in [1.54, 1.807) is 22.8 Å². The molecule has 0 spiro atoms. The number of hydrogen-bond acceptors (Lipinski definition) is 6. The largest absolute Gasteiger partial charge is 0.301 e. The second kappa shape index (κ2) is 10.1. The summed E-state index contributed by atoms with van der Waals surface area (Å²) in [5.41, 5.74) is 4.70. The van der Waals surface area contributed by atoms with Gasteiger partial charge in [0, 0.05) is 22.0 Å². The zero-order chi connectivity index (χ0) is 24.5. The third-order valence-corrected chi connectivity index (χ3v) is 8.22. The van der Waals surface area contributed by atoms with Gasteiger partial charge in [-0.25, -0.2) is 9.97 Å². The van der Waals surface area contributed by atoms with Crippen molar-refractivity contribution in [1.82, 2.24) is 14.5 Å². The molecule has 2 aromatic heterocycles. The number of halogens is 1. The average Bonchev–Trinajstić information content (AvgIpc) is 3.52. The molecule has 0 bridgehead atoms. The topological polar surface area (TPSA) is 76.9 Å². The van der Waals surface area contributed by atoms with Crippen molar-refractivity contribution < 1.29 is 4.79 Å². The smallest absolute Gasteiger partial charge is 0.262 e. The minimum atomic E-state index is -0.185. The van der Waals surface area contributed by atoms with Crippen LogP contribution in [0.4, 0.5) is 5.13 Å². The molecule has 0 saturated heterocycles. The van der Waals surface area contributed by atoms with E-state index in [1.165, 1.54) is 23.1 Å². The zero-order valence-electron chi connectivity index (χ0n) is 19.5. The minimum absolute atomic E-state index is 0.0698. The van der Waals surface area contributed by atoms with Gasteiger partial charge in [0.05, 0.1) is 22.3 Å². The Morgan fingerprint density at radius 3 is 2.77 bits per heavy atom. The number of rotatable bonds is 6. The highest BCUT2D eigenvalue weighted by Crippen LogP contribution is 2.33. The number of thiazole rings is 1. The van der Waals surface area contributed by atoms with Gasteiger partial charge in [0.25, 0.3) is 5.56 Å². The van der Waals surface area contributed by atoms with Gasteiger partial charge in [-0.05, 0) is 56.5 Å². The van der Waals surface area contributed by atoms with Gasteiger partial charge < -0.3 is 5.32 Å². The number of carbonyl (C=O) groups excluding carboxylic acids is 1. The highest BCUT2D eigenvalue weighted by molar-refractivity contribution is 7.99. The van der Waals surface area contributed by atoms with Crippen molar-refractivity contribution in [3.05, 3.63) is 68.3 Å². The maximum absolute atomic E-state index is 13.3. The Hall–Kier alpha value is -2.68. The van der Waals surface area contributed by atoms with E-state index in [0.29, 0.717) is 26.2 Å². The molecule has 1 aliphatic carbocycles. The molecule has 1 aliphatic rings. The number of thioether (sulfide) groups is 1. The molecule has 2 heterocycles. The lowest BCUT2D eigenvalue weighted by Crippen LogP contribution is -2.27. The van der Waals surface area contributed by atoms with E-state index < -0.39 is 0 Å². The molecule has 9 heteroatoms. The molecule has 1 saturated carbocycles. The van der Waals surface area contributed by atoms with Gasteiger partial charge in [-0.15, -0.1) is 11.3 Å². The van der Waals surface area contributed by atoms with Crippen LogP contribution in [0.5, 0.6) is 0 Å². The number of fused-ring (bicyclic) bond motifs is 1. The molecule has 4 aromatic rings. The molecule has 0 aliphatic heterocycles. The van der Waals surface area contributed by atoms with Crippen LogP contribution in [0.1, 0.15) is 42.9 Å². The SMILES string of the molecule is Cc1ccc(C)c(-c2csc(NC(=O)CSc3nc4cc(Cl)ccc4c(=O)n3C3CCCC3)n2)c1. The molecule has 180 valence electrons. The number of amides is 1. The molecule has 1 amide bonds. The lowest BCUT2D eigenvalue weighted by Gasteiger charge is -2.18. The summed E-state index contributed by atoms with van der Waals surface area (Å²) in [7, 11) is 0. The van der Waals surface area contributed by atoms with Gasteiger partial charge in [0.15, 0.2) is 10.3 Å². The second-order valence-electron chi connectivity index (χ2n) is 8.86. The van der Waals surface area contributed by atoms with Crippen molar-refractivity contribution in [2.75, 3.05) is 11.1 Å². The monoisotopic (exact) mass is 524 g/mol. The summed E-state index contributed by atoms with van der Waals surface area (Å²) in [4.78, 5) is 35.5. The van der Waals surface area contributed by atoms with Crippen molar-refractivity contribution in [2.45, 2.75) is 50.7 Å². The number of hydrogen-bond donors (Lipinski definition) is 1. The van der Waals surface area contributed by atoms with E-state index in [1.807, 2.05) is 5.38 Å². The first-order valence-corrected chi connectivity index (χ1v) is 13.8. The molecular weight excluding hydrogens is 500 g/mol. The standard InChI is InChI=1S/C26H25ClN4O2S2/c1-15-7-8-16(2)20(11-15)22-13-34-25(28-22)30-23(32)14-35-26-29-21-12-17(27)9-10-19(21)24(33)31(26)18-5-3-4-6-18/h7-13,18H,3-6,14H2,1-2H3,(H,28,30,32). The summed E-state index contributed by atoms with van der Waals surface area (Å²) < 4.78 is 1.78. The Balaban J connectivity index is 1.35. The third kappa shape index (κ3) is 5.15. The predicted octanol–water partition coefficient (Wildman–Crippen LogP) is 6.64. The first kappa shape index (κ1) is 24.0. The molecule has 1 N–H and O–H groups in total. The number of nitrogens with one attached hydrogen (secondary N) is 1. The number of aryl methyl sites for hydroxylation is 2. The number of aromatic nitrogens is 3. The molecule has 35 heavy (non-hydrogen) atoms. The summed E-state index contributed by atoms with van der Waals surface area (Å²) in [6.45, 7) is 4.10. The molecular formula is C26H25ClN4O2S2. The molecule has 2 aromatic carbocycles. The van der Waals surface area contributed by atoms with Crippen molar-refractivity contribution in [3.8, 4) is 11.3 Å². The van der Waals surface area contributed by atoms with Crippen molar-refractivity contribution >= 4 is 56.6 Å². The predicted molar refractivity (Wildman–Crippen MR) is 145 cm³/mol. The molecule has 0 unspecified atom stereocenters. The first-order valence-electron chi connectivity index (χ1n) is 11.6. The van der Waals surface area contributed by atoms with Crippen LogP contribution in [0.25, 0.3) is 22.2 Å². The summed E-state index contributed by atoms with van der Waals surface area (Å²) >= 11 is 8.82. The Morgan fingerprint density at radius 2 is 1.97 bits per heavy atom. The Morgan fingerprint density at radius 1 is 1.17 bits per heavy atom. The summed E-state index contributed by atoms with van der Waals surface area (Å²) in [6.07, 6.45) is 4.07. The molecule has 1 fully saturated rings. The Bertz CT molecular complexity index is 1470. The number of anilines is 1. The third-order valence-electron chi connectivity index (χ3n) is 6.27. The highest BCUT2D eigenvalue weighted by atomic mass is 35.5. The summed E-state index contributed by atoms with van der Waals surface area (Å²) in [5, 5.41) is 7.04. The van der Waals surface area contributed by atoms with Crippen LogP contribution in [0.3, 0.4) is 0 Å². The fourth-order valence-electron chi connectivity index (χ4n) is 4.49. The van der Waals surface area contributed by atoms with Crippen LogP contribution >= 0.6 is 34.7 Å². The van der Waals surface area contributed by atoms with E-state index in [9.17, 15) is 9.59 Å². The van der Waals surface area contributed by atoms with E-state index in [2.05, 4.69) is 42.3 Å². The van der Waals surface area contributed by atoms with Crippen LogP contribution in [-0.2, 0) is 4.79 Å². The van der Waals surface area contributed by atoms with E-state index in [0.717, 1.165) is 48.1 Å². The van der Waals surface area contributed by atoms with Gasteiger partial charge >= 0.3 is 0 Å². The van der Waals surface area contributed by atoms with Crippen molar-refractivity contribution in [2.24, 2.45) is 0 Å². The van der Waals surface area contributed by atoms with Crippen molar-refractivity contribution in [3.63, 3.8) is 0 Å². The normalized spacial score (nSPS) is 14.0. The van der Waals surface area contributed by atoms with E-state index in [4.69, 9.17) is 16.6 Å². The molecule has 5 rings (SSSR count). The van der Waals surface area contributed by atoms with E-state index >= 15 is 0 Å². The van der Waals surface area contributed by atoms with Crippen LogP contribution in [0, 0.1) is 13.8 Å². The fourth-order valence-corrected chi connectivity index (χ4v) is 6.25. The zero-order valence-corrected chi connectivity index (χ0v) is 21.9. The van der Waals surface area contributed by atoms with Gasteiger partial charge in [0.1, 0.15) is 0 Å². The Kier molecular flexibility index (Phi) is 6.95. The van der Waals surface area contributed by atoms with Crippen LogP contribution in [0.2, 0.25) is 5.02 Å². The lowest BCUT2D eigenvalue weighted by atomic mass is 10.0. The fraction of sp³-hybridized carbons (Fsp3) is 0.308. The average molecular weight is 525 g/mol. The molecule has 0 atom stereocenters. The molecule has 6 nitrogen and oxygen atoms in total.